The van der Waals surface area contributed by atoms with Crippen molar-refractivity contribution in [3.05, 3.63) is 50.1 Å². The van der Waals surface area contributed by atoms with Gasteiger partial charge in [-0.15, -0.1) is 11.3 Å². The van der Waals surface area contributed by atoms with E-state index in [-0.39, 0.29) is 0 Å². The lowest BCUT2D eigenvalue weighted by molar-refractivity contribution is 0.307. The van der Waals surface area contributed by atoms with Crippen molar-refractivity contribution in [1.29, 1.82) is 0 Å². The minimum absolute atomic E-state index is 0.639. The largest absolute Gasteiger partial charge is 0.488 e. The summed E-state index contributed by atoms with van der Waals surface area (Å²) >= 11 is 5.16. The molecule has 0 spiro atoms. The van der Waals surface area contributed by atoms with Crippen LogP contribution in [0.25, 0.3) is 0 Å². The first-order valence-electron chi connectivity index (χ1n) is 5.09. The minimum atomic E-state index is 0.639. The number of benzene rings is 1. The lowest BCUT2D eigenvalue weighted by Gasteiger charge is -2.08. The fourth-order valence-corrected chi connectivity index (χ4v) is 2.84. The minimum Gasteiger partial charge on any atom is -0.488 e. The highest BCUT2D eigenvalue weighted by molar-refractivity contribution is 9.11. The Morgan fingerprint density at radius 1 is 1.19 bits per heavy atom. The molecule has 0 amide bonds. The number of thiophene rings is 1. The van der Waals surface area contributed by atoms with Gasteiger partial charge in [-0.3, -0.25) is 0 Å². The molecular weight excluding hydrogens is 284 g/mol. The monoisotopic (exact) mass is 296 g/mol. The van der Waals surface area contributed by atoms with Crippen molar-refractivity contribution in [2.45, 2.75) is 20.5 Å². The SMILES string of the molecule is Cc1ccc(C)c(OCc2ccc(Br)s2)c1. The van der Waals surface area contributed by atoms with Crippen molar-refractivity contribution in [1.82, 2.24) is 0 Å². The Morgan fingerprint density at radius 2 is 2.00 bits per heavy atom. The van der Waals surface area contributed by atoms with Crippen molar-refractivity contribution in [2.75, 3.05) is 0 Å². The van der Waals surface area contributed by atoms with Crippen molar-refractivity contribution in [3.63, 3.8) is 0 Å². The van der Waals surface area contributed by atoms with Crippen LogP contribution >= 0.6 is 27.3 Å². The smallest absolute Gasteiger partial charge is 0.123 e. The van der Waals surface area contributed by atoms with Crippen LogP contribution in [0.5, 0.6) is 5.75 Å². The highest BCUT2D eigenvalue weighted by Crippen LogP contribution is 2.25. The van der Waals surface area contributed by atoms with E-state index in [1.165, 1.54) is 16.0 Å². The summed E-state index contributed by atoms with van der Waals surface area (Å²) in [5.74, 6) is 0.976. The van der Waals surface area contributed by atoms with Crippen molar-refractivity contribution >= 4 is 27.3 Å². The predicted molar refractivity (Wildman–Crippen MR) is 72.3 cm³/mol. The normalized spacial score (nSPS) is 10.4. The molecule has 0 aliphatic rings. The van der Waals surface area contributed by atoms with E-state index in [2.05, 4.69) is 54.0 Å². The summed E-state index contributed by atoms with van der Waals surface area (Å²) in [6, 6.07) is 10.4. The highest BCUT2D eigenvalue weighted by atomic mass is 79.9. The molecule has 0 atom stereocenters. The van der Waals surface area contributed by atoms with E-state index in [4.69, 9.17) is 4.74 Å². The average molecular weight is 297 g/mol. The van der Waals surface area contributed by atoms with E-state index in [1.54, 1.807) is 11.3 Å². The zero-order valence-electron chi connectivity index (χ0n) is 9.29. The maximum absolute atomic E-state index is 5.81. The molecule has 0 saturated carbocycles. The maximum atomic E-state index is 5.81. The van der Waals surface area contributed by atoms with Gasteiger partial charge in [0.1, 0.15) is 12.4 Å². The van der Waals surface area contributed by atoms with Gasteiger partial charge in [0.15, 0.2) is 0 Å². The van der Waals surface area contributed by atoms with Crippen LogP contribution in [0.4, 0.5) is 0 Å². The lowest BCUT2D eigenvalue weighted by atomic mass is 10.1. The predicted octanol–water partition coefficient (Wildman–Crippen LogP) is 4.71. The first-order chi connectivity index (χ1) is 7.65. The third kappa shape index (κ3) is 2.86. The third-order valence-corrected chi connectivity index (χ3v) is 3.94. The second kappa shape index (κ2) is 5.02. The molecule has 0 bridgehead atoms. The number of hydrogen-bond donors (Lipinski definition) is 0. The molecule has 0 unspecified atom stereocenters. The summed E-state index contributed by atoms with van der Waals surface area (Å²) < 4.78 is 6.95. The number of halogens is 1. The van der Waals surface area contributed by atoms with Crippen LogP contribution < -0.4 is 4.74 Å². The van der Waals surface area contributed by atoms with Gasteiger partial charge < -0.3 is 4.74 Å². The van der Waals surface area contributed by atoms with Gasteiger partial charge in [-0.05, 0) is 59.1 Å². The van der Waals surface area contributed by atoms with Crippen molar-refractivity contribution in [3.8, 4) is 5.75 Å². The maximum Gasteiger partial charge on any atom is 0.123 e. The lowest BCUT2D eigenvalue weighted by Crippen LogP contribution is -1.95. The standard InChI is InChI=1S/C13H13BrOS/c1-9-3-4-10(2)12(7-9)15-8-11-5-6-13(14)16-11/h3-7H,8H2,1-2H3. The summed E-state index contributed by atoms with van der Waals surface area (Å²) in [5.41, 5.74) is 2.41. The number of rotatable bonds is 3. The van der Waals surface area contributed by atoms with Crippen LogP contribution in [-0.2, 0) is 6.61 Å². The molecule has 0 radical (unpaired) electrons. The topological polar surface area (TPSA) is 9.23 Å². The molecule has 3 heteroatoms. The zero-order chi connectivity index (χ0) is 11.5. The van der Waals surface area contributed by atoms with Gasteiger partial charge in [-0.1, -0.05) is 12.1 Å². The van der Waals surface area contributed by atoms with Gasteiger partial charge >= 0.3 is 0 Å². The quantitative estimate of drug-likeness (QED) is 0.797. The number of ether oxygens (including phenoxy) is 1. The first-order valence-corrected chi connectivity index (χ1v) is 6.70. The molecule has 0 fully saturated rings. The molecule has 2 rings (SSSR count). The molecule has 1 nitrogen and oxygen atoms in total. The fourth-order valence-electron chi connectivity index (χ4n) is 1.44. The van der Waals surface area contributed by atoms with E-state index < -0.39 is 0 Å². The second-order valence-corrected chi connectivity index (χ2v) is 6.31. The second-order valence-electron chi connectivity index (χ2n) is 3.76. The Labute approximate surface area is 108 Å². The van der Waals surface area contributed by atoms with Crippen LogP contribution in [0.3, 0.4) is 0 Å². The van der Waals surface area contributed by atoms with Gasteiger partial charge in [0, 0.05) is 4.88 Å². The van der Waals surface area contributed by atoms with Gasteiger partial charge in [0.25, 0.3) is 0 Å². The molecule has 0 aliphatic carbocycles. The third-order valence-electron chi connectivity index (χ3n) is 2.34. The first kappa shape index (κ1) is 11.7. The van der Waals surface area contributed by atoms with Gasteiger partial charge in [-0.25, -0.2) is 0 Å². The fraction of sp³-hybridized carbons (Fsp3) is 0.231. The van der Waals surface area contributed by atoms with E-state index in [9.17, 15) is 0 Å². The number of hydrogen-bond acceptors (Lipinski definition) is 2. The zero-order valence-corrected chi connectivity index (χ0v) is 11.7. The summed E-state index contributed by atoms with van der Waals surface area (Å²) in [6.07, 6.45) is 0. The molecule has 1 heterocycles. The van der Waals surface area contributed by atoms with Crippen molar-refractivity contribution in [2.24, 2.45) is 0 Å². The van der Waals surface area contributed by atoms with E-state index in [0.717, 1.165) is 9.54 Å². The summed E-state index contributed by atoms with van der Waals surface area (Å²) in [4.78, 5) is 1.23. The Hall–Kier alpha value is -0.800. The summed E-state index contributed by atoms with van der Waals surface area (Å²) in [7, 11) is 0. The van der Waals surface area contributed by atoms with E-state index in [0.29, 0.717) is 6.61 Å². The Morgan fingerprint density at radius 3 is 2.69 bits per heavy atom. The van der Waals surface area contributed by atoms with E-state index >= 15 is 0 Å². The van der Waals surface area contributed by atoms with Crippen molar-refractivity contribution < 1.29 is 4.74 Å². The van der Waals surface area contributed by atoms with Gasteiger partial charge in [0.2, 0.25) is 0 Å². The van der Waals surface area contributed by atoms with Gasteiger partial charge in [0.05, 0.1) is 3.79 Å². The molecule has 1 aromatic carbocycles. The van der Waals surface area contributed by atoms with Crippen LogP contribution in [0.15, 0.2) is 34.1 Å². The Bertz CT molecular complexity index is 490. The molecule has 84 valence electrons. The van der Waals surface area contributed by atoms with Crippen LogP contribution in [-0.4, -0.2) is 0 Å². The number of aryl methyl sites for hydroxylation is 2. The molecule has 2 aromatic rings. The Kier molecular flexibility index (Phi) is 3.66. The highest BCUT2D eigenvalue weighted by Gasteiger charge is 2.02. The van der Waals surface area contributed by atoms with Gasteiger partial charge in [-0.2, -0.15) is 0 Å². The average Bonchev–Trinajstić information content (AvgIpc) is 2.66. The van der Waals surface area contributed by atoms with E-state index in [1.807, 2.05) is 6.07 Å². The molecule has 0 saturated heterocycles. The Balaban J connectivity index is 2.07. The molecular formula is C13H13BrOS. The molecule has 16 heavy (non-hydrogen) atoms. The van der Waals surface area contributed by atoms with Crippen LogP contribution in [0, 0.1) is 13.8 Å². The summed E-state index contributed by atoms with van der Waals surface area (Å²) in [5, 5.41) is 0. The van der Waals surface area contributed by atoms with Crippen LogP contribution in [0.2, 0.25) is 0 Å². The molecule has 1 aromatic heterocycles. The summed E-state index contributed by atoms with van der Waals surface area (Å²) in [6.45, 7) is 4.79. The molecule has 0 aliphatic heterocycles. The van der Waals surface area contributed by atoms with Crippen LogP contribution in [0.1, 0.15) is 16.0 Å². The molecule has 0 N–H and O–H groups in total.